The molecule has 1 atom stereocenters. The standard InChI is InChI=1S/C17H20FNO/c1-3-17(20)15-10-5-6-11-16(15)19(4-2)14-9-7-8-13(18)12-14/h5-12,17,20H,3-4H2,1-2H3. The van der Waals surface area contributed by atoms with Crippen LogP contribution in [0.25, 0.3) is 0 Å². The average Bonchev–Trinajstić information content (AvgIpc) is 2.48. The molecule has 0 aliphatic carbocycles. The molecule has 0 fully saturated rings. The molecule has 2 aromatic rings. The zero-order chi connectivity index (χ0) is 14.5. The number of aliphatic hydroxyl groups is 1. The zero-order valence-electron chi connectivity index (χ0n) is 11.9. The molecule has 2 nitrogen and oxygen atoms in total. The first kappa shape index (κ1) is 14.5. The summed E-state index contributed by atoms with van der Waals surface area (Å²) in [4.78, 5) is 2.01. The van der Waals surface area contributed by atoms with Gasteiger partial charge in [-0.1, -0.05) is 31.2 Å². The third-order valence-corrected chi connectivity index (χ3v) is 3.41. The summed E-state index contributed by atoms with van der Waals surface area (Å²) in [6.07, 6.45) is 0.145. The SMILES string of the molecule is CCC(O)c1ccccc1N(CC)c1cccc(F)c1. The minimum atomic E-state index is -0.506. The zero-order valence-corrected chi connectivity index (χ0v) is 11.9. The van der Waals surface area contributed by atoms with Crippen molar-refractivity contribution >= 4 is 11.4 Å². The van der Waals surface area contributed by atoms with Crippen LogP contribution in [0.3, 0.4) is 0 Å². The summed E-state index contributed by atoms with van der Waals surface area (Å²) >= 11 is 0. The van der Waals surface area contributed by atoms with E-state index >= 15 is 0 Å². The van der Waals surface area contributed by atoms with Crippen molar-refractivity contribution in [2.45, 2.75) is 26.4 Å². The lowest BCUT2D eigenvalue weighted by Gasteiger charge is -2.27. The molecule has 106 valence electrons. The van der Waals surface area contributed by atoms with Crippen LogP contribution in [0, 0.1) is 5.82 Å². The number of hydrogen-bond acceptors (Lipinski definition) is 2. The Labute approximate surface area is 119 Å². The highest BCUT2D eigenvalue weighted by atomic mass is 19.1. The lowest BCUT2D eigenvalue weighted by molar-refractivity contribution is 0.174. The van der Waals surface area contributed by atoms with E-state index in [-0.39, 0.29) is 5.82 Å². The summed E-state index contributed by atoms with van der Waals surface area (Å²) in [7, 11) is 0. The summed E-state index contributed by atoms with van der Waals surface area (Å²) in [5.41, 5.74) is 2.60. The molecular formula is C17H20FNO. The van der Waals surface area contributed by atoms with Crippen LogP contribution in [-0.2, 0) is 0 Å². The predicted molar refractivity (Wildman–Crippen MR) is 80.8 cm³/mol. The summed E-state index contributed by atoms with van der Waals surface area (Å²) in [5, 5.41) is 10.2. The van der Waals surface area contributed by atoms with Gasteiger partial charge in [-0.3, -0.25) is 0 Å². The molecule has 2 rings (SSSR count). The number of aliphatic hydroxyl groups excluding tert-OH is 1. The second kappa shape index (κ2) is 6.53. The van der Waals surface area contributed by atoms with Gasteiger partial charge in [0.2, 0.25) is 0 Å². The molecule has 2 aromatic carbocycles. The Morgan fingerprint density at radius 2 is 1.85 bits per heavy atom. The second-order valence-corrected chi connectivity index (χ2v) is 4.71. The van der Waals surface area contributed by atoms with Crippen molar-refractivity contribution in [2.75, 3.05) is 11.4 Å². The Morgan fingerprint density at radius 1 is 1.10 bits per heavy atom. The van der Waals surface area contributed by atoms with E-state index in [1.807, 2.05) is 49.1 Å². The summed E-state index contributed by atoms with van der Waals surface area (Å²) in [6, 6.07) is 14.3. The van der Waals surface area contributed by atoms with E-state index in [1.54, 1.807) is 6.07 Å². The van der Waals surface area contributed by atoms with Crippen LogP contribution in [0.1, 0.15) is 31.9 Å². The molecule has 0 aliphatic heterocycles. The molecule has 0 aromatic heterocycles. The molecule has 20 heavy (non-hydrogen) atoms. The molecule has 0 saturated heterocycles. The Balaban J connectivity index is 2.47. The monoisotopic (exact) mass is 273 g/mol. The average molecular weight is 273 g/mol. The third-order valence-electron chi connectivity index (χ3n) is 3.41. The minimum absolute atomic E-state index is 0.255. The fourth-order valence-corrected chi connectivity index (χ4v) is 2.37. The van der Waals surface area contributed by atoms with E-state index in [9.17, 15) is 9.50 Å². The number of halogens is 1. The summed E-state index contributed by atoms with van der Waals surface area (Å²) in [5.74, 6) is -0.255. The van der Waals surface area contributed by atoms with Gasteiger partial charge in [-0.2, -0.15) is 0 Å². The van der Waals surface area contributed by atoms with E-state index in [2.05, 4.69) is 0 Å². The maximum atomic E-state index is 13.4. The Morgan fingerprint density at radius 3 is 2.50 bits per heavy atom. The Bertz CT molecular complexity index is 570. The van der Waals surface area contributed by atoms with Crippen molar-refractivity contribution in [2.24, 2.45) is 0 Å². The minimum Gasteiger partial charge on any atom is -0.388 e. The van der Waals surface area contributed by atoms with Gasteiger partial charge in [-0.05, 0) is 37.6 Å². The van der Waals surface area contributed by atoms with Crippen LogP contribution in [0.4, 0.5) is 15.8 Å². The topological polar surface area (TPSA) is 23.5 Å². The van der Waals surface area contributed by atoms with Gasteiger partial charge in [0, 0.05) is 23.5 Å². The highest BCUT2D eigenvalue weighted by Gasteiger charge is 2.16. The van der Waals surface area contributed by atoms with Gasteiger partial charge < -0.3 is 10.0 Å². The maximum Gasteiger partial charge on any atom is 0.125 e. The quantitative estimate of drug-likeness (QED) is 0.871. The number of para-hydroxylation sites is 1. The van der Waals surface area contributed by atoms with E-state index < -0.39 is 6.10 Å². The molecule has 1 N–H and O–H groups in total. The molecule has 3 heteroatoms. The fourth-order valence-electron chi connectivity index (χ4n) is 2.37. The van der Waals surface area contributed by atoms with Crippen molar-refractivity contribution < 1.29 is 9.50 Å². The summed E-state index contributed by atoms with van der Waals surface area (Å²) < 4.78 is 13.4. The van der Waals surface area contributed by atoms with Gasteiger partial charge >= 0.3 is 0 Å². The molecule has 0 radical (unpaired) electrons. The van der Waals surface area contributed by atoms with E-state index in [4.69, 9.17) is 0 Å². The van der Waals surface area contributed by atoms with Gasteiger partial charge in [0.25, 0.3) is 0 Å². The smallest absolute Gasteiger partial charge is 0.125 e. The molecular weight excluding hydrogens is 253 g/mol. The molecule has 0 amide bonds. The number of anilines is 2. The largest absolute Gasteiger partial charge is 0.388 e. The first-order chi connectivity index (χ1) is 9.67. The second-order valence-electron chi connectivity index (χ2n) is 4.71. The van der Waals surface area contributed by atoms with Crippen LogP contribution in [0.15, 0.2) is 48.5 Å². The van der Waals surface area contributed by atoms with E-state index in [0.717, 1.165) is 16.9 Å². The van der Waals surface area contributed by atoms with Crippen LogP contribution in [0.2, 0.25) is 0 Å². The lowest BCUT2D eigenvalue weighted by Crippen LogP contribution is -2.18. The highest BCUT2D eigenvalue weighted by molar-refractivity contribution is 5.66. The van der Waals surface area contributed by atoms with Crippen LogP contribution in [0.5, 0.6) is 0 Å². The van der Waals surface area contributed by atoms with Crippen molar-refractivity contribution in [1.82, 2.24) is 0 Å². The van der Waals surface area contributed by atoms with Crippen molar-refractivity contribution in [3.8, 4) is 0 Å². The third kappa shape index (κ3) is 2.99. The molecule has 0 saturated carbocycles. The molecule has 1 unspecified atom stereocenters. The fraction of sp³-hybridized carbons (Fsp3) is 0.294. The number of nitrogens with zero attached hydrogens (tertiary/aromatic N) is 1. The first-order valence-electron chi connectivity index (χ1n) is 6.97. The van der Waals surface area contributed by atoms with E-state index in [0.29, 0.717) is 13.0 Å². The van der Waals surface area contributed by atoms with E-state index in [1.165, 1.54) is 12.1 Å². The van der Waals surface area contributed by atoms with Crippen LogP contribution >= 0.6 is 0 Å². The van der Waals surface area contributed by atoms with Gasteiger partial charge in [-0.25, -0.2) is 4.39 Å². The number of rotatable bonds is 5. The molecule has 0 bridgehead atoms. The normalized spacial score (nSPS) is 12.2. The van der Waals surface area contributed by atoms with Crippen molar-refractivity contribution in [1.29, 1.82) is 0 Å². The van der Waals surface area contributed by atoms with Crippen LogP contribution < -0.4 is 4.90 Å². The number of hydrogen-bond donors (Lipinski definition) is 1. The molecule has 0 spiro atoms. The Kier molecular flexibility index (Phi) is 4.74. The van der Waals surface area contributed by atoms with Gasteiger partial charge in [-0.15, -0.1) is 0 Å². The van der Waals surface area contributed by atoms with Gasteiger partial charge in [0.1, 0.15) is 5.82 Å². The number of benzene rings is 2. The molecule has 0 aliphatic rings. The summed E-state index contributed by atoms with van der Waals surface area (Å²) in [6.45, 7) is 4.66. The molecule has 0 heterocycles. The van der Waals surface area contributed by atoms with Gasteiger partial charge in [0.15, 0.2) is 0 Å². The van der Waals surface area contributed by atoms with Crippen LogP contribution in [-0.4, -0.2) is 11.7 Å². The first-order valence-corrected chi connectivity index (χ1v) is 6.97. The predicted octanol–water partition coefficient (Wildman–Crippen LogP) is 4.43. The lowest BCUT2D eigenvalue weighted by atomic mass is 10.0. The van der Waals surface area contributed by atoms with Gasteiger partial charge in [0.05, 0.1) is 6.10 Å². The van der Waals surface area contributed by atoms with Crippen molar-refractivity contribution in [3.05, 3.63) is 59.9 Å². The maximum absolute atomic E-state index is 13.4. The highest BCUT2D eigenvalue weighted by Crippen LogP contribution is 2.33. The van der Waals surface area contributed by atoms with Crippen molar-refractivity contribution in [3.63, 3.8) is 0 Å². The Hall–Kier alpha value is -1.87.